The molecule has 0 fully saturated rings. The van der Waals surface area contributed by atoms with Crippen molar-refractivity contribution in [3.8, 4) is 5.75 Å². The Kier molecular flexibility index (Phi) is 23.6. The summed E-state index contributed by atoms with van der Waals surface area (Å²) in [7, 11) is 1.65. The van der Waals surface area contributed by atoms with Crippen LogP contribution < -0.4 is 10.1 Å². The van der Waals surface area contributed by atoms with Gasteiger partial charge in [-0.15, -0.1) is 0 Å². The van der Waals surface area contributed by atoms with E-state index in [4.69, 9.17) is 4.74 Å². The Morgan fingerprint density at radius 3 is 1.79 bits per heavy atom. The molecular weight excluding hydrogens is 362 g/mol. The first-order valence-corrected chi connectivity index (χ1v) is 10.6. The van der Waals surface area contributed by atoms with Gasteiger partial charge in [-0.2, -0.15) is 0 Å². The molecule has 0 aliphatic rings. The van der Waals surface area contributed by atoms with Gasteiger partial charge in [0.25, 0.3) is 0 Å². The number of carbonyl (C=O) groups excluding carboxylic acids is 1. The maximum atomic E-state index is 10.0. The summed E-state index contributed by atoms with van der Waals surface area (Å²) in [6.45, 7) is 20.5. The molecule has 5 nitrogen and oxygen atoms in total. The van der Waals surface area contributed by atoms with Crippen LogP contribution in [0.25, 0.3) is 0 Å². The van der Waals surface area contributed by atoms with E-state index < -0.39 is 0 Å². The van der Waals surface area contributed by atoms with E-state index in [9.17, 15) is 4.79 Å². The van der Waals surface area contributed by atoms with Gasteiger partial charge in [0.1, 0.15) is 11.6 Å². The van der Waals surface area contributed by atoms with Crippen molar-refractivity contribution in [2.24, 2.45) is 0 Å². The highest BCUT2D eigenvalue weighted by molar-refractivity contribution is 5.68. The molecular formula is C24H43N3O2. The smallest absolute Gasteiger partial charge is 0.212 e. The van der Waals surface area contributed by atoms with Gasteiger partial charge in [0, 0.05) is 12.4 Å². The summed E-state index contributed by atoms with van der Waals surface area (Å²) in [5.41, 5.74) is 2.38. The molecule has 2 aromatic heterocycles. The number of carbonyl (C=O) groups is 1. The predicted octanol–water partition coefficient (Wildman–Crippen LogP) is 7.07. The molecule has 0 saturated carbocycles. The number of aromatic nitrogens is 2. The van der Waals surface area contributed by atoms with Crippen LogP contribution >= 0.6 is 0 Å². The number of ether oxygens (including phenoxy) is 1. The number of nitrogens with one attached hydrogen (secondary N) is 1. The van der Waals surface area contributed by atoms with E-state index in [-0.39, 0.29) is 0 Å². The zero-order valence-electron chi connectivity index (χ0n) is 20.4. The summed E-state index contributed by atoms with van der Waals surface area (Å²) in [6, 6.07) is 5.77. The molecule has 0 radical (unpaired) electrons. The van der Waals surface area contributed by atoms with Crippen LogP contribution in [0.5, 0.6) is 5.75 Å². The molecule has 0 spiro atoms. The number of anilines is 1. The topological polar surface area (TPSA) is 64.1 Å². The second kappa shape index (κ2) is 21.9. The Bertz CT molecular complexity index is 597. The van der Waals surface area contributed by atoms with Gasteiger partial charge in [0.2, 0.25) is 6.41 Å². The summed E-state index contributed by atoms with van der Waals surface area (Å²) in [5, 5.41) is 2.48. The fraction of sp³-hybridized carbons (Fsp3) is 0.542. The lowest BCUT2D eigenvalue weighted by Gasteiger charge is -2.05. The summed E-state index contributed by atoms with van der Waals surface area (Å²) in [4.78, 5) is 18.1. The molecule has 0 unspecified atom stereocenters. The van der Waals surface area contributed by atoms with E-state index in [1.165, 1.54) is 11.1 Å². The molecule has 166 valence electrons. The lowest BCUT2D eigenvalue weighted by molar-refractivity contribution is -0.105. The maximum Gasteiger partial charge on any atom is 0.212 e. The molecule has 29 heavy (non-hydrogen) atoms. The third-order valence-electron chi connectivity index (χ3n) is 3.30. The lowest BCUT2D eigenvalue weighted by atomic mass is 10.1. The van der Waals surface area contributed by atoms with E-state index in [0.29, 0.717) is 24.1 Å². The van der Waals surface area contributed by atoms with E-state index in [1.54, 1.807) is 25.6 Å². The Morgan fingerprint density at radius 1 is 0.862 bits per heavy atom. The number of hydrogen-bond donors (Lipinski definition) is 1. The molecule has 1 amide bonds. The Balaban J connectivity index is -0.000000371. The van der Waals surface area contributed by atoms with Crippen molar-refractivity contribution in [1.29, 1.82) is 0 Å². The van der Waals surface area contributed by atoms with Crippen LogP contribution in [0.4, 0.5) is 5.82 Å². The first-order chi connectivity index (χ1) is 14.0. The average Bonchev–Trinajstić information content (AvgIpc) is 2.79. The van der Waals surface area contributed by atoms with E-state index >= 15 is 0 Å². The Hall–Kier alpha value is -2.43. The fourth-order valence-electron chi connectivity index (χ4n) is 1.76. The molecule has 0 aromatic carbocycles. The Morgan fingerprint density at radius 2 is 1.41 bits per heavy atom. The highest BCUT2D eigenvalue weighted by Gasteiger charge is 2.00. The van der Waals surface area contributed by atoms with Gasteiger partial charge >= 0.3 is 0 Å². The van der Waals surface area contributed by atoms with E-state index in [1.807, 2.05) is 59.9 Å². The fourth-order valence-corrected chi connectivity index (χ4v) is 1.76. The monoisotopic (exact) mass is 405 g/mol. The molecule has 2 aromatic rings. The minimum absolute atomic E-state index is 0.475. The quantitative estimate of drug-likeness (QED) is 0.540. The summed E-state index contributed by atoms with van der Waals surface area (Å²) < 4.78 is 5.04. The van der Waals surface area contributed by atoms with Gasteiger partial charge in [-0.05, 0) is 35.1 Å². The van der Waals surface area contributed by atoms with Crippen LogP contribution in [-0.4, -0.2) is 23.5 Å². The van der Waals surface area contributed by atoms with Crippen LogP contribution in [0.1, 0.15) is 92.2 Å². The van der Waals surface area contributed by atoms with Gasteiger partial charge < -0.3 is 10.1 Å². The highest BCUT2D eigenvalue weighted by Crippen LogP contribution is 2.17. The van der Waals surface area contributed by atoms with E-state index in [2.05, 4.69) is 43.0 Å². The van der Waals surface area contributed by atoms with Crippen LogP contribution in [0.15, 0.2) is 36.8 Å². The van der Waals surface area contributed by atoms with E-state index in [0.717, 1.165) is 5.75 Å². The SMILES string of the molecule is CC.CC.CC.CC(C)c1ccc(NC=O)nc1.COc1cncc(C(C)C)c1. The number of methoxy groups -OCH3 is 1. The molecule has 0 bridgehead atoms. The second-order valence-corrected chi connectivity index (χ2v) is 5.71. The van der Waals surface area contributed by atoms with Crippen molar-refractivity contribution in [3.05, 3.63) is 47.9 Å². The maximum absolute atomic E-state index is 10.0. The van der Waals surface area contributed by atoms with Crippen LogP contribution in [0.3, 0.4) is 0 Å². The standard InChI is InChI=1S/C9H12N2O.C9H13NO.3C2H6/c1-7(2)8-3-4-9(10-5-8)11-6-12;1-7(2)8-4-9(11-3)6-10-5-8;3*1-2/h3-7H,1-2H3,(H,10,11,12);4-7H,1-3H3;3*1-2H3. The van der Waals surface area contributed by atoms with Crippen molar-refractivity contribution in [2.45, 2.75) is 81.1 Å². The summed E-state index contributed by atoms with van der Waals surface area (Å²) in [5.74, 6) is 2.41. The molecule has 0 aliphatic heterocycles. The lowest BCUT2D eigenvalue weighted by Crippen LogP contribution is -1.97. The van der Waals surface area contributed by atoms with Gasteiger partial charge in [-0.1, -0.05) is 75.3 Å². The van der Waals surface area contributed by atoms with Crippen molar-refractivity contribution in [2.75, 3.05) is 12.4 Å². The van der Waals surface area contributed by atoms with Gasteiger partial charge in [-0.25, -0.2) is 4.98 Å². The van der Waals surface area contributed by atoms with Crippen LogP contribution in [-0.2, 0) is 4.79 Å². The largest absolute Gasteiger partial charge is 0.495 e. The van der Waals surface area contributed by atoms with Crippen molar-refractivity contribution in [1.82, 2.24) is 9.97 Å². The molecule has 0 aliphatic carbocycles. The number of pyridine rings is 2. The first-order valence-electron chi connectivity index (χ1n) is 10.6. The zero-order valence-corrected chi connectivity index (χ0v) is 20.4. The zero-order chi connectivity index (χ0) is 23.2. The highest BCUT2D eigenvalue weighted by atomic mass is 16.5. The van der Waals surface area contributed by atoms with Crippen molar-refractivity contribution >= 4 is 12.2 Å². The minimum Gasteiger partial charge on any atom is -0.495 e. The number of nitrogens with zero attached hydrogens (tertiary/aromatic N) is 2. The third-order valence-corrected chi connectivity index (χ3v) is 3.30. The molecule has 0 atom stereocenters. The minimum atomic E-state index is 0.475. The van der Waals surface area contributed by atoms with Crippen molar-refractivity contribution < 1.29 is 9.53 Å². The van der Waals surface area contributed by atoms with Crippen LogP contribution in [0.2, 0.25) is 0 Å². The Labute approximate surface area is 179 Å². The third kappa shape index (κ3) is 15.2. The molecule has 0 saturated heterocycles. The normalized spacial score (nSPS) is 8.59. The second-order valence-electron chi connectivity index (χ2n) is 5.71. The molecule has 2 rings (SSSR count). The predicted molar refractivity (Wildman–Crippen MR) is 127 cm³/mol. The molecule has 2 heterocycles. The number of rotatable bonds is 5. The van der Waals surface area contributed by atoms with Gasteiger partial charge in [0.15, 0.2) is 0 Å². The molecule has 5 heteroatoms. The molecule has 1 N–H and O–H groups in total. The van der Waals surface area contributed by atoms with Crippen LogP contribution in [0, 0.1) is 0 Å². The van der Waals surface area contributed by atoms with Gasteiger partial charge in [0.05, 0.1) is 13.3 Å². The van der Waals surface area contributed by atoms with Crippen molar-refractivity contribution in [3.63, 3.8) is 0 Å². The number of amides is 1. The average molecular weight is 406 g/mol. The summed E-state index contributed by atoms with van der Waals surface area (Å²) in [6.07, 6.45) is 5.98. The first kappa shape index (κ1) is 31.3. The van der Waals surface area contributed by atoms with Gasteiger partial charge in [-0.3, -0.25) is 9.78 Å². The number of hydrogen-bond acceptors (Lipinski definition) is 4. The summed E-state index contributed by atoms with van der Waals surface area (Å²) >= 11 is 0.